The number of likely N-dealkylation sites (tertiary alicyclic amines) is 2. The van der Waals surface area contributed by atoms with Crippen LogP contribution in [0.15, 0.2) is 36.4 Å². The first-order chi connectivity index (χ1) is 16.8. The first kappa shape index (κ1) is 26.7. The normalized spacial score (nSPS) is 26.7. The molecule has 3 unspecified atom stereocenters. The third-order valence-corrected chi connectivity index (χ3v) is 8.94. The highest BCUT2D eigenvalue weighted by Gasteiger charge is 2.40. The Morgan fingerprint density at radius 1 is 1.09 bits per heavy atom. The Morgan fingerprint density at radius 2 is 1.80 bits per heavy atom. The van der Waals surface area contributed by atoms with Crippen LogP contribution in [-0.2, 0) is 4.79 Å². The molecule has 4 atom stereocenters. The van der Waals surface area contributed by atoms with Crippen molar-refractivity contribution in [3.8, 4) is 0 Å². The van der Waals surface area contributed by atoms with Gasteiger partial charge in [-0.05, 0) is 92.5 Å². The summed E-state index contributed by atoms with van der Waals surface area (Å²) in [6, 6.07) is 8.65. The Labute approximate surface area is 218 Å². The molecule has 3 aliphatic rings. The fraction of sp³-hybridized carbons (Fsp3) is 0.700. The van der Waals surface area contributed by atoms with Crippen LogP contribution in [0.3, 0.4) is 0 Å². The average Bonchev–Trinajstić information content (AvgIpc) is 3.36. The van der Waals surface area contributed by atoms with Gasteiger partial charge in [-0.3, -0.25) is 9.69 Å². The van der Waals surface area contributed by atoms with Gasteiger partial charge in [0.25, 0.3) is 0 Å². The van der Waals surface area contributed by atoms with Crippen LogP contribution in [0.4, 0.5) is 0 Å². The van der Waals surface area contributed by atoms with Gasteiger partial charge in [-0.15, -0.1) is 0 Å². The maximum atomic E-state index is 13.8. The summed E-state index contributed by atoms with van der Waals surface area (Å²) in [4.78, 5) is 18.7. The minimum absolute atomic E-state index is 0.0221. The van der Waals surface area contributed by atoms with E-state index in [9.17, 15) is 4.79 Å². The van der Waals surface area contributed by atoms with Crippen LogP contribution in [0.25, 0.3) is 0 Å². The Kier molecular flexibility index (Phi) is 8.99. The summed E-state index contributed by atoms with van der Waals surface area (Å²) >= 11 is 6.13. The van der Waals surface area contributed by atoms with Crippen LogP contribution in [0.2, 0.25) is 5.02 Å². The van der Waals surface area contributed by atoms with Crippen molar-refractivity contribution in [2.45, 2.75) is 84.2 Å². The summed E-state index contributed by atoms with van der Waals surface area (Å²) in [6.07, 6.45) is 12.2. The van der Waals surface area contributed by atoms with E-state index in [-0.39, 0.29) is 23.3 Å². The minimum Gasteiger partial charge on any atom is -0.341 e. The molecule has 4 rings (SSSR count). The second-order valence-corrected chi connectivity index (χ2v) is 12.5. The summed E-state index contributed by atoms with van der Waals surface area (Å²) in [6.45, 7) is 13.9. The van der Waals surface area contributed by atoms with Gasteiger partial charge in [0.05, 0.1) is 6.04 Å². The first-order valence-corrected chi connectivity index (χ1v) is 14.3. The molecule has 2 saturated heterocycles. The van der Waals surface area contributed by atoms with E-state index < -0.39 is 0 Å². The molecule has 1 amide bonds. The molecule has 0 radical (unpaired) electrons. The zero-order valence-corrected chi connectivity index (χ0v) is 23.1. The average molecular weight is 500 g/mol. The molecule has 1 N–H and O–H groups in total. The van der Waals surface area contributed by atoms with Gasteiger partial charge in [-0.25, -0.2) is 0 Å². The number of hydrogen-bond donors (Lipinski definition) is 1. The number of nitrogens with one attached hydrogen (secondary N) is 1. The predicted octanol–water partition coefficient (Wildman–Crippen LogP) is 6.12. The van der Waals surface area contributed by atoms with Gasteiger partial charge in [0, 0.05) is 30.7 Å². The molecule has 1 aromatic carbocycles. The molecule has 2 heterocycles. The van der Waals surface area contributed by atoms with E-state index in [1.807, 2.05) is 12.1 Å². The van der Waals surface area contributed by atoms with Gasteiger partial charge in [-0.2, -0.15) is 0 Å². The van der Waals surface area contributed by atoms with E-state index in [0.29, 0.717) is 17.9 Å². The molecule has 2 aliphatic heterocycles. The summed E-state index contributed by atoms with van der Waals surface area (Å²) < 4.78 is 0. The van der Waals surface area contributed by atoms with Gasteiger partial charge in [0.15, 0.2) is 0 Å². The standard InChI is InChI=1S/C30H46ClN3O/c1-22(2)28(32-20-27(33-17-8-9-18-33)24-10-6-5-7-11-24)29(35)34-19-16-26(30(3,4)21-34)23-12-14-25(31)15-13-23/h6,10,12-15,22,24,26-28,32H,5,7-9,11,16-21H2,1-4H3/t24?,26?,27?,28-/m1/s1. The lowest BCUT2D eigenvalue weighted by Gasteiger charge is -2.46. The van der Waals surface area contributed by atoms with Crippen molar-refractivity contribution in [1.82, 2.24) is 15.1 Å². The largest absolute Gasteiger partial charge is 0.341 e. The van der Waals surface area contributed by atoms with Gasteiger partial charge in [0.2, 0.25) is 5.91 Å². The fourth-order valence-corrected chi connectivity index (χ4v) is 6.82. The number of piperidine rings is 1. The van der Waals surface area contributed by atoms with Crippen molar-refractivity contribution in [2.75, 3.05) is 32.7 Å². The molecule has 1 aliphatic carbocycles. The topological polar surface area (TPSA) is 35.6 Å². The number of allylic oxidation sites excluding steroid dienone is 1. The summed E-state index contributed by atoms with van der Waals surface area (Å²) in [5.74, 6) is 1.58. The number of halogens is 1. The van der Waals surface area contributed by atoms with E-state index in [1.165, 1.54) is 50.8 Å². The molecule has 4 nitrogen and oxygen atoms in total. The fourth-order valence-electron chi connectivity index (χ4n) is 6.69. The van der Waals surface area contributed by atoms with Crippen molar-refractivity contribution in [1.29, 1.82) is 0 Å². The van der Waals surface area contributed by atoms with Crippen LogP contribution >= 0.6 is 11.6 Å². The van der Waals surface area contributed by atoms with E-state index in [1.54, 1.807) is 0 Å². The van der Waals surface area contributed by atoms with Crippen molar-refractivity contribution >= 4 is 17.5 Å². The number of amides is 1. The summed E-state index contributed by atoms with van der Waals surface area (Å²) in [5, 5.41) is 4.56. The van der Waals surface area contributed by atoms with E-state index in [4.69, 9.17) is 11.6 Å². The highest BCUT2D eigenvalue weighted by Crippen LogP contribution is 2.42. The lowest BCUT2D eigenvalue weighted by molar-refractivity contribution is -0.138. The number of benzene rings is 1. The SMILES string of the molecule is CC(C)[C@@H](NCC(C1C=CCCC1)N1CCCC1)C(=O)N1CCC(c2ccc(Cl)cc2)C(C)(C)C1. The van der Waals surface area contributed by atoms with Crippen molar-refractivity contribution in [2.24, 2.45) is 17.3 Å². The predicted molar refractivity (Wildman–Crippen MR) is 147 cm³/mol. The molecular formula is C30H46ClN3O. The van der Waals surface area contributed by atoms with Crippen molar-refractivity contribution in [3.63, 3.8) is 0 Å². The Hall–Kier alpha value is -1.36. The summed E-state index contributed by atoms with van der Waals surface area (Å²) in [5.41, 5.74) is 1.35. The maximum absolute atomic E-state index is 13.8. The first-order valence-electron chi connectivity index (χ1n) is 13.9. The third-order valence-electron chi connectivity index (χ3n) is 8.69. The van der Waals surface area contributed by atoms with Crippen LogP contribution in [0, 0.1) is 17.3 Å². The molecular weight excluding hydrogens is 454 g/mol. The van der Waals surface area contributed by atoms with E-state index in [2.05, 4.69) is 67.1 Å². The van der Waals surface area contributed by atoms with Gasteiger partial charge < -0.3 is 10.2 Å². The van der Waals surface area contributed by atoms with Crippen LogP contribution in [0.1, 0.15) is 77.7 Å². The number of carbonyl (C=O) groups is 1. The second-order valence-electron chi connectivity index (χ2n) is 12.1. The smallest absolute Gasteiger partial charge is 0.239 e. The van der Waals surface area contributed by atoms with Gasteiger partial charge in [-0.1, -0.05) is 63.6 Å². The lowest BCUT2D eigenvalue weighted by Crippen LogP contribution is -2.57. The molecule has 5 heteroatoms. The number of rotatable bonds is 8. The Bertz CT molecular complexity index is 859. The second kappa shape index (κ2) is 11.8. The lowest BCUT2D eigenvalue weighted by atomic mass is 9.70. The zero-order chi connectivity index (χ0) is 25.0. The maximum Gasteiger partial charge on any atom is 0.239 e. The Balaban J connectivity index is 1.42. The van der Waals surface area contributed by atoms with Crippen molar-refractivity contribution < 1.29 is 4.79 Å². The van der Waals surface area contributed by atoms with E-state index in [0.717, 1.165) is 31.1 Å². The molecule has 0 bridgehead atoms. The molecule has 35 heavy (non-hydrogen) atoms. The minimum atomic E-state index is -0.129. The monoisotopic (exact) mass is 499 g/mol. The molecule has 0 spiro atoms. The number of nitrogens with zero attached hydrogens (tertiary/aromatic N) is 2. The number of carbonyl (C=O) groups excluding carboxylic acids is 1. The van der Waals surface area contributed by atoms with E-state index >= 15 is 0 Å². The van der Waals surface area contributed by atoms with Crippen LogP contribution in [0.5, 0.6) is 0 Å². The highest BCUT2D eigenvalue weighted by atomic mass is 35.5. The zero-order valence-electron chi connectivity index (χ0n) is 22.3. The summed E-state index contributed by atoms with van der Waals surface area (Å²) in [7, 11) is 0. The van der Waals surface area contributed by atoms with Gasteiger partial charge in [0.1, 0.15) is 0 Å². The highest BCUT2D eigenvalue weighted by molar-refractivity contribution is 6.30. The Morgan fingerprint density at radius 3 is 2.40 bits per heavy atom. The molecule has 0 saturated carbocycles. The molecule has 2 fully saturated rings. The van der Waals surface area contributed by atoms with Crippen LogP contribution < -0.4 is 5.32 Å². The van der Waals surface area contributed by atoms with Crippen LogP contribution in [-0.4, -0.2) is 60.5 Å². The quantitative estimate of drug-likeness (QED) is 0.438. The number of hydrogen-bond acceptors (Lipinski definition) is 3. The molecule has 1 aromatic rings. The third kappa shape index (κ3) is 6.50. The van der Waals surface area contributed by atoms with Gasteiger partial charge >= 0.3 is 0 Å². The van der Waals surface area contributed by atoms with Crippen molar-refractivity contribution in [3.05, 3.63) is 47.0 Å². The molecule has 194 valence electrons. The molecule has 0 aromatic heterocycles.